The molecule has 0 N–H and O–H groups in total. The monoisotopic (exact) mass is 358 g/mol. The van der Waals surface area contributed by atoms with Crippen LogP contribution in [0.15, 0.2) is 24.3 Å². The predicted octanol–water partition coefficient (Wildman–Crippen LogP) is 2.62. The fourth-order valence-electron chi connectivity index (χ4n) is 3.57. The third-order valence-corrected chi connectivity index (χ3v) is 5.07. The van der Waals surface area contributed by atoms with Gasteiger partial charge in [0.2, 0.25) is 5.91 Å². The number of hydrogen-bond donors (Lipinski definition) is 0. The van der Waals surface area contributed by atoms with E-state index in [0.29, 0.717) is 24.4 Å². The molecule has 140 valence electrons. The van der Waals surface area contributed by atoms with Crippen molar-refractivity contribution < 1.29 is 19.1 Å². The standard InChI is InChI=1S/C20H26N2O4/c1-15-5-4-11-21(13-15)19(24)14-26-20(25)16-7-9-17(10-8-16)22-12-3-2-6-18(22)23/h7-10,15H,2-6,11-14H2,1H3. The van der Waals surface area contributed by atoms with Crippen molar-refractivity contribution in [3.8, 4) is 0 Å². The number of nitrogens with zero attached hydrogens (tertiary/aromatic N) is 2. The van der Waals surface area contributed by atoms with Crippen LogP contribution in [0.4, 0.5) is 5.69 Å². The van der Waals surface area contributed by atoms with Crippen LogP contribution in [0.2, 0.25) is 0 Å². The topological polar surface area (TPSA) is 66.9 Å². The number of carbonyl (C=O) groups excluding carboxylic acids is 3. The molecule has 0 bridgehead atoms. The van der Waals surface area contributed by atoms with Gasteiger partial charge in [0.05, 0.1) is 5.56 Å². The highest BCUT2D eigenvalue weighted by atomic mass is 16.5. The van der Waals surface area contributed by atoms with E-state index >= 15 is 0 Å². The van der Waals surface area contributed by atoms with Crippen LogP contribution in [0, 0.1) is 5.92 Å². The van der Waals surface area contributed by atoms with Crippen molar-refractivity contribution in [3.63, 3.8) is 0 Å². The zero-order valence-corrected chi connectivity index (χ0v) is 15.3. The molecule has 6 nitrogen and oxygen atoms in total. The zero-order valence-electron chi connectivity index (χ0n) is 15.3. The van der Waals surface area contributed by atoms with Gasteiger partial charge in [0.1, 0.15) is 0 Å². The summed E-state index contributed by atoms with van der Waals surface area (Å²) in [4.78, 5) is 39.8. The molecule has 0 aliphatic carbocycles. The van der Waals surface area contributed by atoms with E-state index in [2.05, 4.69) is 6.92 Å². The summed E-state index contributed by atoms with van der Waals surface area (Å²) >= 11 is 0. The normalized spacial score (nSPS) is 20.8. The number of rotatable bonds is 4. The van der Waals surface area contributed by atoms with Gasteiger partial charge >= 0.3 is 5.97 Å². The molecular formula is C20H26N2O4. The largest absolute Gasteiger partial charge is 0.452 e. The van der Waals surface area contributed by atoms with Crippen molar-refractivity contribution in [1.29, 1.82) is 0 Å². The highest BCUT2D eigenvalue weighted by Gasteiger charge is 2.23. The molecule has 2 amide bonds. The smallest absolute Gasteiger partial charge is 0.338 e. The third kappa shape index (κ3) is 4.42. The van der Waals surface area contributed by atoms with Gasteiger partial charge in [-0.3, -0.25) is 9.59 Å². The molecule has 1 unspecified atom stereocenters. The molecule has 26 heavy (non-hydrogen) atoms. The summed E-state index contributed by atoms with van der Waals surface area (Å²) in [5.74, 6) is -0.0401. The van der Waals surface area contributed by atoms with Crippen LogP contribution in [0.25, 0.3) is 0 Å². The SMILES string of the molecule is CC1CCCN(C(=O)COC(=O)c2ccc(N3CCCCC3=O)cc2)C1. The van der Waals surface area contributed by atoms with Gasteiger partial charge in [0.15, 0.2) is 6.61 Å². The van der Waals surface area contributed by atoms with Gasteiger partial charge in [0, 0.05) is 31.7 Å². The van der Waals surface area contributed by atoms with Gasteiger partial charge in [-0.1, -0.05) is 6.92 Å². The molecule has 0 radical (unpaired) electrons. The van der Waals surface area contributed by atoms with Gasteiger partial charge in [-0.05, 0) is 55.9 Å². The Balaban J connectivity index is 1.53. The van der Waals surface area contributed by atoms with E-state index in [1.807, 2.05) is 0 Å². The van der Waals surface area contributed by atoms with E-state index in [1.54, 1.807) is 34.1 Å². The van der Waals surface area contributed by atoms with Crippen LogP contribution in [-0.2, 0) is 14.3 Å². The number of piperidine rings is 2. The zero-order chi connectivity index (χ0) is 18.5. The molecule has 1 aromatic rings. The number of hydrogen-bond acceptors (Lipinski definition) is 4. The molecule has 0 aromatic heterocycles. The Labute approximate surface area is 154 Å². The quantitative estimate of drug-likeness (QED) is 0.776. The number of anilines is 1. The molecule has 1 aromatic carbocycles. The molecule has 1 atom stereocenters. The average molecular weight is 358 g/mol. The lowest BCUT2D eigenvalue weighted by Gasteiger charge is -2.30. The van der Waals surface area contributed by atoms with Gasteiger partial charge in [-0.2, -0.15) is 0 Å². The summed E-state index contributed by atoms with van der Waals surface area (Å²) in [5.41, 5.74) is 1.18. The Bertz CT molecular complexity index is 671. The van der Waals surface area contributed by atoms with Crippen LogP contribution in [0.1, 0.15) is 49.4 Å². The van der Waals surface area contributed by atoms with Crippen molar-refractivity contribution in [2.45, 2.75) is 39.0 Å². The molecule has 6 heteroatoms. The number of likely N-dealkylation sites (tertiary alicyclic amines) is 1. The first-order valence-corrected chi connectivity index (χ1v) is 9.40. The van der Waals surface area contributed by atoms with E-state index in [-0.39, 0.29) is 18.4 Å². The molecule has 3 rings (SSSR count). The van der Waals surface area contributed by atoms with Crippen LogP contribution in [0.5, 0.6) is 0 Å². The lowest BCUT2D eigenvalue weighted by molar-refractivity contribution is -0.136. The fourth-order valence-corrected chi connectivity index (χ4v) is 3.57. The van der Waals surface area contributed by atoms with E-state index in [1.165, 1.54) is 0 Å². The van der Waals surface area contributed by atoms with Crippen molar-refractivity contribution in [2.24, 2.45) is 5.92 Å². The summed E-state index contributed by atoms with van der Waals surface area (Å²) < 4.78 is 5.17. The van der Waals surface area contributed by atoms with E-state index in [9.17, 15) is 14.4 Å². The lowest BCUT2D eigenvalue weighted by atomic mass is 10.0. The summed E-state index contributed by atoms with van der Waals surface area (Å²) in [6.07, 6.45) is 4.63. The molecule has 2 fully saturated rings. The molecular weight excluding hydrogens is 332 g/mol. The lowest BCUT2D eigenvalue weighted by Crippen LogP contribution is -2.41. The average Bonchev–Trinajstić information content (AvgIpc) is 2.66. The fraction of sp³-hybridized carbons (Fsp3) is 0.550. The second-order valence-corrected chi connectivity index (χ2v) is 7.21. The number of benzene rings is 1. The van der Waals surface area contributed by atoms with Gasteiger partial charge in [-0.15, -0.1) is 0 Å². The van der Waals surface area contributed by atoms with Gasteiger partial charge in [0.25, 0.3) is 5.91 Å². The number of carbonyl (C=O) groups is 3. The maximum atomic E-state index is 12.2. The van der Waals surface area contributed by atoms with Crippen molar-refractivity contribution in [3.05, 3.63) is 29.8 Å². The van der Waals surface area contributed by atoms with Crippen LogP contribution < -0.4 is 4.90 Å². The molecule has 2 heterocycles. The first-order chi connectivity index (χ1) is 12.5. The summed E-state index contributed by atoms with van der Waals surface area (Å²) in [5, 5.41) is 0. The van der Waals surface area contributed by atoms with Crippen LogP contribution in [0.3, 0.4) is 0 Å². The minimum atomic E-state index is -0.514. The minimum absolute atomic E-state index is 0.118. The number of ether oxygens (including phenoxy) is 1. The Kier molecular flexibility index (Phi) is 5.91. The van der Waals surface area contributed by atoms with Crippen LogP contribution in [-0.4, -0.2) is 48.9 Å². The van der Waals surface area contributed by atoms with Crippen molar-refractivity contribution in [1.82, 2.24) is 4.90 Å². The third-order valence-electron chi connectivity index (χ3n) is 5.07. The Morgan fingerprint density at radius 3 is 2.58 bits per heavy atom. The number of amides is 2. The Hall–Kier alpha value is -2.37. The van der Waals surface area contributed by atoms with Gasteiger partial charge in [-0.25, -0.2) is 4.79 Å². The Morgan fingerprint density at radius 2 is 1.88 bits per heavy atom. The Morgan fingerprint density at radius 1 is 1.12 bits per heavy atom. The number of esters is 1. The van der Waals surface area contributed by atoms with Gasteiger partial charge < -0.3 is 14.5 Å². The molecule has 2 aliphatic rings. The van der Waals surface area contributed by atoms with E-state index in [0.717, 1.165) is 44.5 Å². The first kappa shape index (κ1) is 18.4. The summed E-state index contributed by atoms with van der Waals surface area (Å²) in [6, 6.07) is 6.81. The first-order valence-electron chi connectivity index (χ1n) is 9.40. The maximum absolute atomic E-state index is 12.2. The molecule has 2 aliphatic heterocycles. The van der Waals surface area contributed by atoms with E-state index < -0.39 is 5.97 Å². The van der Waals surface area contributed by atoms with Crippen LogP contribution >= 0.6 is 0 Å². The molecule has 2 saturated heterocycles. The highest BCUT2D eigenvalue weighted by molar-refractivity contribution is 5.95. The predicted molar refractivity (Wildman–Crippen MR) is 97.9 cm³/mol. The van der Waals surface area contributed by atoms with Crippen molar-refractivity contribution >= 4 is 23.5 Å². The highest BCUT2D eigenvalue weighted by Crippen LogP contribution is 2.21. The van der Waals surface area contributed by atoms with E-state index in [4.69, 9.17) is 4.74 Å². The summed E-state index contributed by atoms with van der Waals surface area (Å²) in [6.45, 7) is 4.08. The minimum Gasteiger partial charge on any atom is -0.452 e. The molecule has 0 spiro atoms. The second kappa shape index (κ2) is 8.34. The van der Waals surface area contributed by atoms with Crippen molar-refractivity contribution in [2.75, 3.05) is 31.1 Å². The second-order valence-electron chi connectivity index (χ2n) is 7.21. The maximum Gasteiger partial charge on any atom is 0.338 e. The molecule has 0 saturated carbocycles. The summed E-state index contributed by atoms with van der Waals surface area (Å²) in [7, 11) is 0.